The third-order valence-corrected chi connectivity index (χ3v) is 6.60. The Hall–Kier alpha value is -2.23. The summed E-state index contributed by atoms with van der Waals surface area (Å²) in [6, 6.07) is 6.88. The fourth-order valence-corrected chi connectivity index (χ4v) is 4.78. The quantitative estimate of drug-likeness (QED) is 0.728. The molecular formula is C20H24ClN5O3S. The van der Waals surface area contributed by atoms with Crippen molar-refractivity contribution in [2.75, 3.05) is 31.6 Å². The van der Waals surface area contributed by atoms with Gasteiger partial charge in [0.25, 0.3) is 5.91 Å². The maximum atomic E-state index is 12.5. The van der Waals surface area contributed by atoms with E-state index in [1.165, 1.54) is 11.3 Å². The second kappa shape index (κ2) is 9.72. The van der Waals surface area contributed by atoms with Crippen molar-refractivity contribution in [3.63, 3.8) is 0 Å². The highest BCUT2D eigenvalue weighted by Gasteiger charge is 2.28. The van der Waals surface area contributed by atoms with Gasteiger partial charge < -0.3 is 20.3 Å². The van der Waals surface area contributed by atoms with Crippen molar-refractivity contribution in [3.8, 4) is 0 Å². The molecule has 0 saturated carbocycles. The molecule has 1 aromatic heterocycles. The number of amides is 3. The summed E-state index contributed by atoms with van der Waals surface area (Å²) in [6.45, 7) is 2.61. The Kier molecular flexibility index (Phi) is 6.81. The Morgan fingerprint density at radius 3 is 2.97 bits per heavy atom. The first kappa shape index (κ1) is 21.0. The van der Waals surface area contributed by atoms with E-state index in [0.717, 1.165) is 43.8 Å². The van der Waals surface area contributed by atoms with Gasteiger partial charge in [-0.05, 0) is 43.9 Å². The van der Waals surface area contributed by atoms with E-state index in [1.807, 2.05) is 4.90 Å². The summed E-state index contributed by atoms with van der Waals surface area (Å²) in [5.41, 5.74) is 0.607. The minimum Gasteiger partial charge on any atom is -0.376 e. The third kappa shape index (κ3) is 5.27. The molecule has 30 heavy (non-hydrogen) atoms. The number of anilines is 1. The molecule has 0 spiro atoms. The van der Waals surface area contributed by atoms with E-state index in [9.17, 15) is 9.59 Å². The summed E-state index contributed by atoms with van der Waals surface area (Å²) in [6.07, 6.45) is 3.98. The minimum absolute atomic E-state index is 0.0707. The second-order valence-electron chi connectivity index (χ2n) is 7.52. The predicted molar refractivity (Wildman–Crippen MR) is 115 cm³/mol. The van der Waals surface area contributed by atoms with Crippen LogP contribution in [0.2, 0.25) is 5.02 Å². The zero-order valence-electron chi connectivity index (χ0n) is 16.5. The lowest BCUT2D eigenvalue weighted by Gasteiger charge is -2.31. The Labute approximate surface area is 184 Å². The predicted octanol–water partition coefficient (Wildman–Crippen LogP) is 3.51. The van der Waals surface area contributed by atoms with Crippen LogP contribution in [-0.4, -0.2) is 59.4 Å². The summed E-state index contributed by atoms with van der Waals surface area (Å²) >= 11 is 7.23. The van der Waals surface area contributed by atoms with E-state index in [4.69, 9.17) is 16.3 Å². The van der Waals surface area contributed by atoms with Crippen molar-refractivity contribution in [1.82, 2.24) is 20.4 Å². The van der Waals surface area contributed by atoms with Crippen LogP contribution in [0.3, 0.4) is 0 Å². The van der Waals surface area contributed by atoms with Crippen LogP contribution in [0.1, 0.15) is 46.4 Å². The molecule has 160 valence electrons. The van der Waals surface area contributed by atoms with E-state index in [2.05, 4.69) is 20.8 Å². The van der Waals surface area contributed by atoms with E-state index in [1.54, 1.807) is 24.3 Å². The number of piperidine rings is 1. The number of hydrogen-bond acceptors (Lipinski definition) is 6. The molecule has 0 radical (unpaired) electrons. The number of carbonyl (C=O) groups is 2. The van der Waals surface area contributed by atoms with Gasteiger partial charge in [0.2, 0.25) is 5.01 Å². The van der Waals surface area contributed by atoms with Gasteiger partial charge in [-0.25, -0.2) is 4.79 Å². The molecule has 1 aromatic carbocycles. The van der Waals surface area contributed by atoms with Crippen LogP contribution in [0.15, 0.2) is 24.3 Å². The molecule has 0 bridgehead atoms. The Morgan fingerprint density at radius 2 is 2.17 bits per heavy atom. The SMILES string of the molecule is O=C(Nc1cccc(Cl)c1)c1nnc([C@H]2CCCN(C(=O)NC[C@@H]3CCCO3)C2)s1. The molecule has 4 rings (SSSR count). The molecule has 3 heterocycles. The molecule has 0 unspecified atom stereocenters. The number of halogens is 1. The highest BCUT2D eigenvalue weighted by molar-refractivity contribution is 7.13. The van der Waals surface area contributed by atoms with Gasteiger partial charge in [-0.3, -0.25) is 4.79 Å². The number of aromatic nitrogens is 2. The van der Waals surface area contributed by atoms with Gasteiger partial charge >= 0.3 is 6.03 Å². The number of nitrogens with one attached hydrogen (secondary N) is 2. The van der Waals surface area contributed by atoms with E-state index < -0.39 is 0 Å². The van der Waals surface area contributed by atoms with Crippen molar-refractivity contribution in [2.45, 2.75) is 37.7 Å². The van der Waals surface area contributed by atoms with Crippen LogP contribution in [-0.2, 0) is 4.74 Å². The largest absolute Gasteiger partial charge is 0.376 e. The van der Waals surface area contributed by atoms with Crippen LogP contribution in [0.25, 0.3) is 0 Å². The van der Waals surface area contributed by atoms with E-state index >= 15 is 0 Å². The normalized spacial score (nSPS) is 21.4. The zero-order valence-corrected chi connectivity index (χ0v) is 18.0. The second-order valence-corrected chi connectivity index (χ2v) is 8.96. The lowest BCUT2D eigenvalue weighted by Crippen LogP contribution is -2.46. The summed E-state index contributed by atoms with van der Waals surface area (Å²) in [7, 11) is 0. The van der Waals surface area contributed by atoms with Crippen LogP contribution in [0.4, 0.5) is 10.5 Å². The number of rotatable bonds is 5. The molecule has 10 heteroatoms. The number of urea groups is 1. The molecular weight excluding hydrogens is 426 g/mol. The Balaban J connectivity index is 1.33. The van der Waals surface area contributed by atoms with Gasteiger partial charge in [-0.15, -0.1) is 10.2 Å². The zero-order chi connectivity index (χ0) is 20.9. The summed E-state index contributed by atoms with van der Waals surface area (Å²) in [5.74, 6) is -0.236. The molecule has 2 aliphatic rings. The molecule has 2 saturated heterocycles. The topological polar surface area (TPSA) is 96.5 Å². The van der Waals surface area contributed by atoms with E-state index in [0.29, 0.717) is 28.8 Å². The third-order valence-electron chi connectivity index (χ3n) is 5.28. The number of likely N-dealkylation sites (tertiary alicyclic amines) is 1. The number of ether oxygens (including phenoxy) is 1. The number of hydrogen-bond donors (Lipinski definition) is 2. The standard InChI is InChI=1S/C20H24ClN5O3S/c21-14-5-1-6-15(10-14)23-17(27)19-25-24-18(30-19)13-4-2-8-26(12-13)20(28)22-11-16-7-3-9-29-16/h1,5-6,10,13,16H,2-4,7-9,11-12H2,(H,22,28)(H,23,27)/t13-,16-/m0/s1. The molecule has 0 aliphatic carbocycles. The van der Waals surface area contributed by atoms with Gasteiger partial charge in [-0.2, -0.15) is 0 Å². The van der Waals surface area contributed by atoms with Crippen molar-refractivity contribution in [1.29, 1.82) is 0 Å². The smallest absolute Gasteiger partial charge is 0.317 e. The molecule has 2 aliphatic heterocycles. The average molecular weight is 450 g/mol. The van der Waals surface area contributed by atoms with Crippen molar-refractivity contribution < 1.29 is 14.3 Å². The Morgan fingerprint density at radius 1 is 1.27 bits per heavy atom. The fraction of sp³-hybridized carbons (Fsp3) is 0.500. The molecule has 3 amide bonds. The molecule has 8 nitrogen and oxygen atoms in total. The number of carbonyl (C=O) groups excluding carboxylic acids is 2. The first-order chi connectivity index (χ1) is 14.6. The van der Waals surface area contributed by atoms with Crippen molar-refractivity contribution in [2.24, 2.45) is 0 Å². The summed E-state index contributed by atoms with van der Waals surface area (Å²) < 4.78 is 5.56. The number of nitrogens with zero attached hydrogens (tertiary/aromatic N) is 3. The first-order valence-corrected chi connectivity index (χ1v) is 11.3. The molecule has 2 aromatic rings. The van der Waals surface area contributed by atoms with E-state index in [-0.39, 0.29) is 24.0 Å². The van der Waals surface area contributed by atoms with Crippen molar-refractivity contribution in [3.05, 3.63) is 39.3 Å². The Bertz CT molecular complexity index is 902. The van der Waals surface area contributed by atoms with Crippen LogP contribution < -0.4 is 10.6 Å². The molecule has 2 fully saturated rings. The summed E-state index contributed by atoms with van der Waals surface area (Å²) in [4.78, 5) is 26.8. The maximum Gasteiger partial charge on any atom is 0.317 e. The lowest BCUT2D eigenvalue weighted by molar-refractivity contribution is 0.102. The van der Waals surface area contributed by atoms with Crippen LogP contribution in [0, 0.1) is 0 Å². The van der Waals surface area contributed by atoms with Crippen molar-refractivity contribution >= 4 is 40.6 Å². The van der Waals surface area contributed by atoms with Gasteiger partial charge in [0.05, 0.1) is 6.10 Å². The van der Waals surface area contributed by atoms with Crippen LogP contribution in [0.5, 0.6) is 0 Å². The highest BCUT2D eigenvalue weighted by Crippen LogP contribution is 2.29. The maximum absolute atomic E-state index is 12.5. The average Bonchev–Trinajstić information content (AvgIpc) is 3.44. The minimum atomic E-state index is -0.317. The number of benzene rings is 1. The monoisotopic (exact) mass is 449 g/mol. The van der Waals surface area contributed by atoms with Gasteiger partial charge in [0, 0.05) is 42.9 Å². The summed E-state index contributed by atoms with van der Waals surface area (Å²) in [5, 5.41) is 15.7. The van der Waals surface area contributed by atoms with Gasteiger partial charge in [0.1, 0.15) is 5.01 Å². The fourth-order valence-electron chi connectivity index (χ4n) is 3.72. The van der Waals surface area contributed by atoms with Gasteiger partial charge in [0.15, 0.2) is 0 Å². The van der Waals surface area contributed by atoms with Gasteiger partial charge in [-0.1, -0.05) is 29.0 Å². The highest BCUT2D eigenvalue weighted by atomic mass is 35.5. The molecule has 2 atom stereocenters. The van der Waals surface area contributed by atoms with Crippen LogP contribution >= 0.6 is 22.9 Å². The lowest BCUT2D eigenvalue weighted by atomic mass is 9.99. The molecule has 2 N–H and O–H groups in total. The first-order valence-electron chi connectivity index (χ1n) is 10.1.